The number of nitrogens with zero attached hydrogens (tertiary/aromatic N) is 2. The number of aliphatic hydroxyl groups is 1. The number of aliphatic hydroxyl groups excluding tert-OH is 1. The minimum atomic E-state index is -0.239. The van der Waals surface area contributed by atoms with Crippen LogP contribution >= 0.6 is 0 Å². The van der Waals surface area contributed by atoms with Crippen molar-refractivity contribution in [1.29, 1.82) is 0 Å². The van der Waals surface area contributed by atoms with Crippen molar-refractivity contribution in [2.24, 2.45) is 34.5 Å². The average molecular weight is 445 g/mol. The molecule has 8 atom stereocenters. The van der Waals surface area contributed by atoms with E-state index in [1.807, 2.05) is 11.9 Å². The van der Waals surface area contributed by atoms with Crippen LogP contribution in [0.2, 0.25) is 0 Å². The highest BCUT2D eigenvalue weighted by Gasteiger charge is 2.64. The lowest BCUT2D eigenvalue weighted by molar-refractivity contribution is -0.0435. The van der Waals surface area contributed by atoms with Gasteiger partial charge < -0.3 is 19.6 Å². The highest BCUT2D eigenvalue weighted by Crippen LogP contribution is 2.68. The maximum absolute atomic E-state index is 12.5. The van der Waals surface area contributed by atoms with Crippen LogP contribution in [0.3, 0.4) is 0 Å². The number of ether oxygens (including phenoxy) is 1. The van der Waals surface area contributed by atoms with E-state index in [2.05, 4.69) is 31.9 Å². The molecule has 1 saturated heterocycles. The third-order valence-corrected chi connectivity index (χ3v) is 11.0. The molecule has 1 aliphatic heterocycles. The van der Waals surface area contributed by atoms with Crippen LogP contribution in [0.1, 0.15) is 71.6 Å². The number of fused-ring (bicyclic) bond motifs is 4. The third kappa shape index (κ3) is 3.28. The van der Waals surface area contributed by atoms with E-state index >= 15 is 0 Å². The predicted octanol–water partition coefficient (Wildman–Crippen LogP) is 4.70. The minimum Gasteiger partial charge on any atom is -0.449 e. The molecule has 0 aromatic rings. The van der Waals surface area contributed by atoms with Gasteiger partial charge in [0.05, 0.1) is 6.61 Å². The van der Waals surface area contributed by atoms with Gasteiger partial charge in [-0.15, -0.1) is 0 Å². The van der Waals surface area contributed by atoms with Crippen LogP contribution < -0.4 is 0 Å². The summed E-state index contributed by atoms with van der Waals surface area (Å²) in [6.07, 6.45) is 13.1. The number of likely N-dealkylation sites (tertiary alicyclic amines) is 1. The van der Waals surface area contributed by atoms with Gasteiger partial charge in [-0.25, -0.2) is 4.79 Å². The molecule has 0 aromatic carbocycles. The first kappa shape index (κ1) is 22.7. The van der Waals surface area contributed by atoms with Gasteiger partial charge in [0.25, 0.3) is 0 Å². The summed E-state index contributed by atoms with van der Waals surface area (Å²) < 4.78 is 5.35. The first-order valence-corrected chi connectivity index (χ1v) is 13.2. The fraction of sp³-hybridized carbons (Fsp3) is 0.889. The predicted molar refractivity (Wildman–Crippen MR) is 126 cm³/mol. The lowest BCUT2D eigenvalue weighted by atomic mass is 9.47. The number of carbonyl (C=O) groups is 1. The molecule has 1 heterocycles. The molecule has 1 amide bonds. The molecule has 1 N–H and O–H groups in total. The van der Waals surface area contributed by atoms with Crippen molar-refractivity contribution in [3.05, 3.63) is 11.6 Å². The Morgan fingerprint density at radius 1 is 1.22 bits per heavy atom. The lowest BCUT2D eigenvalue weighted by Gasteiger charge is -2.58. The summed E-state index contributed by atoms with van der Waals surface area (Å²) in [6, 6.07) is 0.993. The van der Waals surface area contributed by atoms with E-state index < -0.39 is 0 Å². The van der Waals surface area contributed by atoms with Crippen molar-refractivity contribution < 1.29 is 14.6 Å². The smallest absolute Gasteiger partial charge is 0.409 e. The van der Waals surface area contributed by atoms with Crippen LogP contribution in [0.25, 0.3) is 0 Å². The molecular weight excluding hydrogens is 400 g/mol. The monoisotopic (exact) mass is 444 g/mol. The van der Waals surface area contributed by atoms with Gasteiger partial charge in [-0.1, -0.05) is 18.6 Å². The number of amides is 1. The lowest BCUT2D eigenvalue weighted by Crippen LogP contribution is -2.53. The second-order valence-electron chi connectivity index (χ2n) is 12.1. The summed E-state index contributed by atoms with van der Waals surface area (Å²) in [4.78, 5) is 16.9. The van der Waals surface area contributed by atoms with Gasteiger partial charge in [-0.2, -0.15) is 0 Å². The van der Waals surface area contributed by atoms with Crippen molar-refractivity contribution in [2.75, 3.05) is 33.9 Å². The molecule has 1 unspecified atom stereocenters. The molecule has 0 radical (unpaired) electrons. The summed E-state index contributed by atoms with van der Waals surface area (Å²) in [5.41, 5.74) is 2.52. The zero-order valence-corrected chi connectivity index (χ0v) is 20.7. The van der Waals surface area contributed by atoms with Crippen molar-refractivity contribution in [1.82, 2.24) is 9.80 Å². The van der Waals surface area contributed by atoms with Gasteiger partial charge in [0.2, 0.25) is 0 Å². The van der Waals surface area contributed by atoms with Crippen LogP contribution in [0.15, 0.2) is 11.6 Å². The molecule has 0 aromatic heterocycles. The number of hydrogen-bond acceptors (Lipinski definition) is 4. The third-order valence-electron chi connectivity index (χ3n) is 11.0. The van der Waals surface area contributed by atoms with E-state index in [1.54, 1.807) is 5.57 Å². The van der Waals surface area contributed by atoms with E-state index in [0.717, 1.165) is 42.6 Å². The Balaban J connectivity index is 1.31. The minimum absolute atomic E-state index is 0.0619. The topological polar surface area (TPSA) is 53.0 Å². The summed E-state index contributed by atoms with van der Waals surface area (Å²) in [5.74, 6) is 3.51. The van der Waals surface area contributed by atoms with Crippen LogP contribution in [0, 0.1) is 34.5 Å². The molecule has 3 saturated carbocycles. The fourth-order valence-electron chi connectivity index (χ4n) is 9.25. The highest BCUT2D eigenvalue weighted by atomic mass is 16.6. The summed E-state index contributed by atoms with van der Waals surface area (Å²) in [6.45, 7) is 6.71. The zero-order valence-electron chi connectivity index (χ0n) is 20.7. The molecule has 4 fully saturated rings. The Morgan fingerprint density at radius 2 is 2.00 bits per heavy atom. The van der Waals surface area contributed by atoms with E-state index in [4.69, 9.17) is 9.84 Å². The first-order chi connectivity index (χ1) is 15.3. The van der Waals surface area contributed by atoms with Gasteiger partial charge in [0, 0.05) is 38.7 Å². The normalized spacial score (nSPS) is 45.3. The summed E-state index contributed by atoms with van der Waals surface area (Å²) >= 11 is 0. The van der Waals surface area contributed by atoms with Crippen molar-refractivity contribution in [2.45, 2.75) is 83.7 Å². The number of allylic oxidation sites excluding steroid dienone is 1. The van der Waals surface area contributed by atoms with Gasteiger partial charge in [0.1, 0.15) is 0 Å². The number of hydrogen-bond donors (Lipinski definition) is 1. The Hall–Kier alpha value is -1.07. The molecule has 180 valence electrons. The average Bonchev–Trinajstić information content (AvgIpc) is 3.26. The first-order valence-electron chi connectivity index (χ1n) is 13.2. The van der Waals surface area contributed by atoms with Crippen LogP contribution in [0.5, 0.6) is 0 Å². The van der Waals surface area contributed by atoms with E-state index in [0.29, 0.717) is 23.9 Å². The van der Waals surface area contributed by atoms with Crippen molar-refractivity contribution in [3.63, 3.8) is 0 Å². The maximum atomic E-state index is 12.5. The van der Waals surface area contributed by atoms with Crippen LogP contribution in [0.4, 0.5) is 4.79 Å². The van der Waals surface area contributed by atoms with E-state index in [9.17, 15) is 4.79 Å². The van der Waals surface area contributed by atoms with Crippen LogP contribution in [-0.2, 0) is 4.74 Å². The molecule has 5 nitrogen and oxygen atoms in total. The quantitative estimate of drug-likeness (QED) is 0.504. The summed E-state index contributed by atoms with van der Waals surface area (Å²) in [7, 11) is 4.25. The molecule has 5 rings (SSSR count). The molecule has 4 aliphatic carbocycles. The Bertz CT molecular complexity index is 768. The second kappa shape index (κ2) is 8.30. The van der Waals surface area contributed by atoms with Gasteiger partial charge in [-0.3, -0.25) is 0 Å². The molecular formula is C27H44N2O3. The fourth-order valence-corrected chi connectivity index (χ4v) is 9.25. The molecule has 5 aliphatic rings. The Kier molecular flexibility index (Phi) is 5.89. The molecule has 0 bridgehead atoms. The molecule has 32 heavy (non-hydrogen) atoms. The maximum Gasteiger partial charge on any atom is 0.409 e. The van der Waals surface area contributed by atoms with Crippen molar-refractivity contribution >= 4 is 6.09 Å². The van der Waals surface area contributed by atoms with Crippen molar-refractivity contribution in [3.8, 4) is 0 Å². The summed E-state index contributed by atoms with van der Waals surface area (Å²) in [5, 5.41) is 8.94. The zero-order chi connectivity index (χ0) is 22.7. The van der Waals surface area contributed by atoms with Gasteiger partial charge >= 0.3 is 6.09 Å². The standard InChI is InChI=1S/C27H44N2O3/c1-18-22-8-9-24-21-7-6-19-16-20(29(4)25(31)32-15-5-14-30)10-12-26(19,2)23(21)11-13-27(22,24)17-28(18)3/h6,18,20-24,30H,5,7-17H2,1-4H3/t18-,20-,21+,22+,23-,24-,26-,27?/m0/s1. The molecule has 5 heteroatoms. The number of carbonyl (C=O) groups excluding carboxylic acids is 1. The highest BCUT2D eigenvalue weighted by molar-refractivity contribution is 5.67. The second-order valence-corrected chi connectivity index (χ2v) is 12.1. The van der Waals surface area contributed by atoms with Crippen LogP contribution in [-0.4, -0.2) is 66.9 Å². The largest absolute Gasteiger partial charge is 0.449 e. The van der Waals surface area contributed by atoms with E-state index in [-0.39, 0.29) is 18.7 Å². The van der Waals surface area contributed by atoms with E-state index in [1.165, 1.54) is 45.1 Å². The SMILES string of the molecule is C[C@H]1[C@H]2CC[C@H]3[C@@H]4CC=C5C[C@@H](N(C)C(=O)OCCCO)CC[C@]5(C)[C@H]4CCC23CN1C. The Morgan fingerprint density at radius 3 is 2.78 bits per heavy atom. The number of rotatable bonds is 4. The van der Waals surface area contributed by atoms with Gasteiger partial charge in [-0.05, 0) is 99.8 Å². The molecule has 1 spiro atoms. The Labute approximate surface area is 194 Å². The van der Waals surface area contributed by atoms with Gasteiger partial charge in [0.15, 0.2) is 0 Å².